The molecule has 0 saturated carbocycles. The lowest BCUT2D eigenvalue weighted by atomic mass is 10.1. The lowest BCUT2D eigenvalue weighted by Crippen LogP contribution is -2.45. The van der Waals surface area contributed by atoms with E-state index in [9.17, 15) is 31.2 Å². The molecule has 19 heteroatoms. The number of nitrogens with two attached hydrogens (primary N) is 2. The zero-order valence-corrected chi connectivity index (χ0v) is 23.5. The number of hydrogen-bond donors (Lipinski definition) is 3. The van der Waals surface area contributed by atoms with Gasteiger partial charge < -0.3 is 25.8 Å². The predicted octanol–water partition coefficient (Wildman–Crippen LogP) is 3.31. The molecule has 0 fully saturated rings. The molecule has 0 amide bonds. The number of esters is 2. The normalized spacial score (nSPS) is 12.5. The van der Waals surface area contributed by atoms with Crippen molar-refractivity contribution in [2.24, 2.45) is 16.6 Å². The average molecular weight is 686 g/mol. The van der Waals surface area contributed by atoms with Crippen LogP contribution in [0.15, 0.2) is 38.8 Å². The molecular weight excluding hydrogens is 668 g/mol. The van der Waals surface area contributed by atoms with Gasteiger partial charge in [-0.05, 0) is 45.2 Å². The highest BCUT2D eigenvalue weighted by molar-refractivity contribution is 9.10. The number of carbonyl (C=O) groups is 2. The van der Waals surface area contributed by atoms with E-state index in [1.807, 2.05) is 4.72 Å². The molecule has 0 aliphatic carbocycles. The number of hydrogen-bond acceptors (Lipinski definition) is 9. The summed E-state index contributed by atoms with van der Waals surface area (Å²) in [6.07, 6.45) is -5.56. The Hall–Kier alpha value is -2.31. The van der Waals surface area contributed by atoms with E-state index in [1.54, 1.807) is 0 Å². The van der Waals surface area contributed by atoms with Crippen molar-refractivity contribution >= 4 is 78.4 Å². The summed E-state index contributed by atoms with van der Waals surface area (Å²) in [6, 6.07) is 3.84. The van der Waals surface area contributed by atoms with Crippen molar-refractivity contribution in [3.63, 3.8) is 0 Å². The number of sulfonamides is 1. The molecule has 2 rings (SSSR count). The first kappa shape index (κ1) is 31.9. The number of oxime groups is 1. The largest absolute Gasteiger partial charge is 0.493 e. The summed E-state index contributed by atoms with van der Waals surface area (Å²) < 4.78 is 74.5. The molecule has 0 aliphatic heterocycles. The number of nitrogens with one attached hydrogen (secondary N) is 1. The number of benzene rings is 1. The fraction of sp³-hybridized carbons (Fsp3) is 0.316. The van der Waals surface area contributed by atoms with Gasteiger partial charge in [-0.2, -0.15) is 17.9 Å². The highest BCUT2D eigenvalue weighted by Crippen LogP contribution is 2.43. The molecular formula is C19H18BrCl2F3N4O7S2. The minimum Gasteiger partial charge on any atom is -0.493 e. The van der Waals surface area contributed by atoms with Gasteiger partial charge in [-0.25, -0.2) is 18.0 Å². The maximum absolute atomic E-state index is 12.9. The Morgan fingerprint density at radius 3 is 2.29 bits per heavy atom. The molecule has 1 aromatic carbocycles. The highest BCUT2D eigenvalue weighted by Gasteiger charge is 2.44. The van der Waals surface area contributed by atoms with Gasteiger partial charge in [0.05, 0.1) is 11.1 Å². The zero-order chi connectivity index (χ0) is 28.7. The minimum atomic E-state index is -5.49. The molecule has 0 saturated heterocycles. The van der Waals surface area contributed by atoms with E-state index in [0.29, 0.717) is 23.5 Å². The SMILES string of the molecule is NC(N)=NOCCCOc1ccc(C[C@H](NS(=O)(=O)c2c(Cl)sc(Cl)c2Br)C(=O)OC(=O)C(F)(F)F)cc1. The van der Waals surface area contributed by atoms with Crippen molar-refractivity contribution in [1.82, 2.24) is 4.72 Å². The number of thiophene rings is 1. The lowest BCUT2D eigenvalue weighted by molar-refractivity contribution is -0.202. The Morgan fingerprint density at radius 2 is 1.76 bits per heavy atom. The smallest absolute Gasteiger partial charge is 0.491 e. The number of ether oxygens (including phenoxy) is 2. The Kier molecular flexibility index (Phi) is 11.5. The zero-order valence-electron chi connectivity index (χ0n) is 18.8. The van der Waals surface area contributed by atoms with Crippen LogP contribution in [0.2, 0.25) is 8.67 Å². The summed E-state index contributed by atoms with van der Waals surface area (Å²) in [6.45, 7) is 0.387. The molecule has 0 bridgehead atoms. The second-order valence-corrected chi connectivity index (χ2v) is 11.7. The summed E-state index contributed by atoms with van der Waals surface area (Å²) in [5.74, 6) is -4.45. The first-order valence-electron chi connectivity index (χ1n) is 10.0. The number of guanidine groups is 1. The second-order valence-electron chi connectivity index (χ2n) is 7.07. The Morgan fingerprint density at radius 1 is 1.13 bits per heavy atom. The van der Waals surface area contributed by atoms with Crippen molar-refractivity contribution < 1.29 is 45.5 Å². The van der Waals surface area contributed by atoms with Crippen LogP contribution in [0.5, 0.6) is 5.75 Å². The van der Waals surface area contributed by atoms with Gasteiger partial charge in [0, 0.05) is 6.42 Å². The second kappa shape index (κ2) is 13.7. The Balaban J connectivity index is 2.17. The predicted molar refractivity (Wildman–Crippen MR) is 135 cm³/mol. The van der Waals surface area contributed by atoms with Crippen LogP contribution in [0.3, 0.4) is 0 Å². The van der Waals surface area contributed by atoms with Gasteiger partial charge in [0.15, 0.2) is 0 Å². The van der Waals surface area contributed by atoms with E-state index in [4.69, 9.17) is 44.2 Å². The molecule has 0 radical (unpaired) electrons. The number of alkyl halides is 3. The van der Waals surface area contributed by atoms with Crippen LogP contribution in [0.4, 0.5) is 13.2 Å². The van der Waals surface area contributed by atoms with Crippen molar-refractivity contribution in [2.75, 3.05) is 13.2 Å². The molecule has 0 unspecified atom stereocenters. The fourth-order valence-corrected chi connectivity index (χ4v) is 7.34. The van der Waals surface area contributed by atoms with Gasteiger partial charge in [0.25, 0.3) is 0 Å². The van der Waals surface area contributed by atoms with Gasteiger partial charge in [0.1, 0.15) is 32.0 Å². The van der Waals surface area contributed by atoms with E-state index in [-0.39, 0.29) is 37.9 Å². The molecule has 210 valence electrons. The van der Waals surface area contributed by atoms with Gasteiger partial charge in [-0.3, -0.25) is 0 Å². The monoisotopic (exact) mass is 684 g/mol. The van der Waals surface area contributed by atoms with E-state index < -0.39 is 45.5 Å². The van der Waals surface area contributed by atoms with Crippen LogP contribution in [0.25, 0.3) is 0 Å². The van der Waals surface area contributed by atoms with Crippen molar-refractivity contribution in [3.8, 4) is 5.75 Å². The maximum Gasteiger partial charge on any atom is 0.491 e. The van der Waals surface area contributed by atoms with Crippen LogP contribution >= 0.6 is 50.5 Å². The molecule has 0 spiro atoms. The lowest BCUT2D eigenvalue weighted by Gasteiger charge is -2.18. The topological polar surface area (TPSA) is 172 Å². The van der Waals surface area contributed by atoms with Crippen molar-refractivity contribution in [3.05, 3.63) is 43.0 Å². The molecule has 0 aliphatic rings. The number of rotatable bonds is 12. The van der Waals surface area contributed by atoms with Gasteiger partial charge >= 0.3 is 18.1 Å². The van der Waals surface area contributed by atoms with Gasteiger partial charge in [-0.15, -0.1) is 11.3 Å². The minimum absolute atomic E-state index is 0.0276. The van der Waals surface area contributed by atoms with E-state index in [0.717, 1.165) is 0 Å². The van der Waals surface area contributed by atoms with Crippen molar-refractivity contribution in [1.29, 1.82) is 0 Å². The standard InChI is InChI=1S/C19H18BrCl2F3N4O7S2/c20-12-13(15(22)37-14(12)21)38(32,33)29-11(16(30)36-17(31)19(23,24)25)8-9-2-4-10(5-3-9)34-6-1-7-35-28-18(26)27/h2-5,11,29H,1,6-8H2,(H4,26,27,28)/t11-/m0/s1. The van der Waals surface area contributed by atoms with Gasteiger partial charge in [0.2, 0.25) is 16.0 Å². The summed E-state index contributed by atoms with van der Waals surface area (Å²) in [5.41, 5.74) is 10.5. The number of halogens is 6. The number of carbonyl (C=O) groups excluding carboxylic acids is 2. The third kappa shape index (κ3) is 9.46. The first-order valence-corrected chi connectivity index (χ1v) is 13.9. The third-order valence-electron chi connectivity index (χ3n) is 4.19. The number of nitrogens with zero attached hydrogens (tertiary/aromatic N) is 1. The molecule has 1 aromatic heterocycles. The van der Waals surface area contributed by atoms with Crippen LogP contribution in [-0.4, -0.2) is 51.7 Å². The van der Waals surface area contributed by atoms with E-state index >= 15 is 0 Å². The van der Waals surface area contributed by atoms with Gasteiger partial charge in [-0.1, -0.05) is 35.3 Å². The average Bonchev–Trinajstić information content (AvgIpc) is 3.07. The van der Waals surface area contributed by atoms with Crippen molar-refractivity contribution in [2.45, 2.75) is 30.0 Å². The Labute approximate surface area is 236 Å². The quantitative estimate of drug-likeness (QED) is 0.0757. The first-order chi connectivity index (χ1) is 17.6. The summed E-state index contributed by atoms with van der Waals surface area (Å²) >= 11 is 15.5. The summed E-state index contributed by atoms with van der Waals surface area (Å²) in [5, 5.41) is 3.34. The van der Waals surface area contributed by atoms with Crippen LogP contribution in [0, 0.1) is 0 Å². The third-order valence-corrected chi connectivity index (χ3v) is 9.12. The molecule has 11 nitrogen and oxygen atoms in total. The van der Waals surface area contributed by atoms with Crippen LogP contribution in [-0.2, 0) is 35.6 Å². The molecule has 1 heterocycles. The molecule has 2 aromatic rings. The summed E-state index contributed by atoms with van der Waals surface area (Å²) in [7, 11) is -4.63. The van der Waals surface area contributed by atoms with Crippen LogP contribution < -0.4 is 20.9 Å². The van der Waals surface area contributed by atoms with E-state index in [2.05, 4.69) is 25.8 Å². The highest BCUT2D eigenvalue weighted by atomic mass is 79.9. The molecule has 38 heavy (non-hydrogen) atoms. The summed E-state index contributed by atoms with van der Waals surface area (Å²) in [4.78, 5) is 27.9. The van der Waals surface area contributed by atoms with E-state index in [1.165, 1.54) is 24.3 Å². The van der Waals surface area contributed by atoms with Crippen LogP contribution in [0.1, 0.15) is 12.0 Å². The maximum atomic E-state index is 12.9. The fourth-order valence-electron chi connectivity index (χ4n) is 2.60. The Bertz CT molecular complexity index is 1290. The molecule has 1 atom stereocenters. The molecule has 5 N–H and O–H groups in total.